The van der Waals surface area contributed by atoms with Gasteiger partial charge in [0.15, 0.2) is 0 Å². The van der Waals surface area contributed by atoms with Crippen LogP contribution in [0.15, 0.2) is 0 Å². The second-order valence-electron chi connectivity index (χ2n) is 4.21. The molecule has 2 saturated heterocycles. The Bertz CT molecular complexity index is 190. The minimum atomic E-state index is 0.151. The third-order valence-electron chi connectivity index (χ3n) is 2.90. The fraction of sp³-hybridized carbons (Fsp3) is 0.889. The van der Waals surface area contributed by atoms with Crippen LogP contribution < -0.4 is 5.32 Å². The van der Waals surface area contributed by atoms with Crippen molar-refractivity contribution < 1.29 is 4.79 Å². The number of carbonyl (C=O) groups is 1. The first kappa shape index (κ1) is 7.29. The SMILES string of the molecule is C[C@]12CCC[C@@H](CC(=O)C1)N2. The summed E-state index contributed by atoms with van der Waals surface area (Å²) in [5.74, 6) is 0.455. The summed E-state index contributed by atoms with van der Waals surface area (Å²) < 4.78 is 0. The molecule has 2 heterocycles. The lowest BCUT2D eigenvalue weighted by Crippen LogP contribution is -2.57. The highest BCUT2D eigenvalue weighted by Gasteiger charge is 2.38. The molecule has 0 amide bonds. The smallest absolute Gasteiger partial charge is 0.136 e. The number of nitrogens with one attached hydrogen (secondary N) is 1. The average molecular weight is 153 g/mol. The molecule has 0 unspecified atom stereocenters. The van der Waals surface area contributed by atoms with Gasteiger partial charge in [-0.2, -0.15) is 0 Å². The molecular weight excluding hydrogens is 138 g/mol. The summed E-state index contributed by atoms with van der Waals surface area (Å²) in [6, 6.07) is 0.495. The maximum absolute atomic E-state index is 11.2. The molecule has 0 aliphatic carbocycles. The summed E-state index contributed by atoms with van der Waals surface area (Å²) in [4.78, 5) is 11.2. The Labute approximate surface area is 67.4 Å². The molecule has 1 N–H and O–H groups in total. The van der Waals surface area contributed by atoms with E-state index in [-0.39, 0.29) is 5.54 Å². The summed E-state index contributed by atoms with van der Waals surface area (Å²) in [5, 5.41) is 3.54. The molecule has 2 heteroatoms. The number of hydrogen-bond acceptors (Lipinski definition) is 2. The topological polar surface area (TPSA) is 29.1 Å². The fourth-order valence-corrected chi connectivity index (χ4v) is 2.45. The molecule has 0 aromatic heterocycles. The maximum Gasteiger partial charge on any atom is 0.136 e. The van der Waals surface area contributed by atoms with E-state index >= 15 is 0 Å². The van der Waals surface area contributed by atoms with Gasteiger partial charge in [-0.05, 0) is 19.8 Å². The number of Topliss-reactive ketones (excluding diaryl/α,β-unsaturated/α-hetero) is 1. The summed E-state index contributed by atoms with van der Waals surface area (Å²) >= 11 is 0. The predicted octanol–water partition coefficient (Wildman–Crippen LogP) is 1.25. The third kappa shape index (κ3) is 1.32. The Morgan fingerprint density at radius 1 is 1.64 bits per heavy atom. The van der Waals surface area contributed by atoms with Crippen LogP contribution in [0.5, 0.6) is 0 Å². The normalized spacial score (nSPS) is 44.1. The van der Waals surface area contributed by atoms with E-state index in [1.165, 1.54) is 19.3 Å². The van der Waals surface area contributed by atoms with Crippen LogP contribution >= 0.6 is 0 Å². The Kier molecular flexibility index (Phi) is 1.53. The van der Waals surface area contributed by atoms with Gasteiger partial charge in [-0.25, -0.2) is 0 Å². The zero-order chi connectivity index (χ0) is 7.90. The zero-order valence-corrected chi connectivity index (χ0v) is 7.02. The van der Waals surface area contributed by atoms with Gasteiger partial charge in [0, 0.05) is 24.4 Å². The number of rotatable bonds is 0. The van der Waals surface area contributed by atoms with E-state index in [4.69, 9.17) is 0 Å². The Morgan fingerprint density at radius 2 is 2.45 bits per heavy atom. The van der Waals surface area contributed by atoms with E-state index in [0.29, 0.717) is 11.8 Å². The highest BCUT2D eigenvalue weighted by atomic mass is 16.1. The van der Waals surface area contributed by atoms with Crippen LogP contribution in [-0.4, -0.2) is 17.4 Å². The molecule has 2 rings (SSSR count). The van der Waals surface area contributed by atoms with Crippen molar-refractivity contribution in [2.24, 2.45) is 0 Å². The predicted molar refractivity (Wildman–Crippen MR) is 43.4 cm³/mol. The van der Waals surface area contributed by atoms with Crippen molar-refractivity contribution in [2.45, 2.75) is 50.6 Å². The quantitative estimate of drug-likeness (QED) is 0.567. The molecule has 2 bridgehead atoms. The van der Waals surface area contributed by atoms with Crippen molar-refractivity contribution in [3.05, 3.63) is 0 Å². The fourth-order valence-electron chi connectivity index (χ4n) is 2.45. The summed E-state index contributed by atoms with van der Waals surface area (Å²) in [5.41, 5.74) is 0.151. The first-order valence-electron chi connectivity index (χ1n) is 4.47. The van der Waals surface area contributed by atoms with Gasteiger partial charge >= 0.3 is 0 Å². The van der Waals surface area contributed by atoms with E-state index in [9.17, 15) is 4.79 Å². The first-order chi connectivity index (χ1) is 5.18. The number of piperidine rings is 2. The molecule has 2 nitrogen and oxygen atoms in total. The van der Waals surface area contributed by atoms with Crippen molar-refractivity contribution in [3.8, 4) is 0 Å². The van der Waals surface area contributed by atoms with Crippen LogP contribution in [0.2, 0.25) is 0 Å². The molecule has 2 aliphatic heterocycles. The zero-order valence-electron chi connectivity index (χ0n) is 7.02. The van der Waals surface area contributed by atoms with Crippen LogP contribution in [0.4, 0.5) is 0 Å². The molecular formula is C9H15NO. The summed E-state index contributed by atoms with van der Waals surface area (Å²) in [6.07, 6.45) is 5.19. The minimum absolute atomic E-state index is 0.151. The first-order valence-corrected chi connectivity index (χ1v) is 4.47. The molecule has 0 radical (unpaired) electrons. The lowest BCUT2D eigenvalue weighted by molar-refractivity contribution is -0.124. The number of ketones is 1. The van der Waals surface area contributed by atoms with Crippen molar-refractivity contribution in [2.75, 3.05) is 0 Å². The van der Waals surface area contributed by atoms with E-state index < -0.39 is 0 Å². The number of fused-ring (bicyclic) bond motifs is 2. The standard InChI is InChI=1S/C9H15NO/c1-9-4-2-3-7(10-9)5-8(11)6-9/h7,10H,2-6H2,1H3/t7-,9-/m0/s1. The Morgan fingerprint density at radius 3 is 3.18 bits per heavy atom. The van der Waals surface area contributed by atoms with Crippen LogP contribution in [0, 0.1) is 0 Å². The molecule has 0 spiro atoms. The third-order valence-corrected chi connectivity index (χ3v) is 2.90. The van der Waals surface area contributed by atoms with E-state index in [0.717, 1.165) is 12.8 Å². The molecule has 0 aromatic carbocycles. The van der Waals surface area contributed by atoms with E-state index in [1.54, 1.807) is 0 Å². The highest BCUT2D eigenvalue weighted by Crippen LogP contribution is 2.31. The number of carbonyl (C=O) groups excluding carboxylic acids is 1. The van der Waals surface area contributed by atoms with Crippen molar-refractivity contribution in [1.82, 2.24) is 5.32 Å². The monoisotopic (exact) mass is 153 g/mol. The molecule has 2 fully saturated rings. The van der Waals surface area contributed by atoms with Gasteiger partial charge in [0.2, 0.25) is 0 Å². The number of hydrogen-bond donors (Lipinski definition) is 1. The molecule has 0 saturated carbocycles. The molecule has 11 heavy (non-hydrogen) atoms. The average Bonchev–Trinajstić information content (AvgIpc) is 1.82. The van der Waals surface area contributed by atoms with Gasteiger partial charge in [-0.1, -0.05) is 6.42 Å². The van der Waals surface area contributed by atoms with E-state index in [2.05, 4.69) is 12.2 Å². The van der Waals surface area contributed by atoms with Crippen LogP contribution in [0.1, 0.15) is 39.0 Å². The highest BCUT2D eigenvalue weighted by molar-refractivity contribution is 5.81. The largest absolute Gasteiger partial charge is 0.308 e. The molecule has 2 atom stereocenters. The lowest BCUT2D eigenvalue weighted by atomic mass is 9.77. The van der Waals surface area contributed by atoms with Crippen LogP contribution in [0.25, 0.3) is 0 Å². The Balaban J connectivity index is 2.15. The van der Waals surface area contributed by atoms with Gasteiger partial charge in [-0.3, -0.25) is 4.79 Å². The summed E-state index contributed by atoms with van der Waals surface area (Å²) in [6.45, 7) is 2.18. The van der Waals surface area contributed by atoms with Crippen LogP contribution in [0.3, 0.4) is 0 Å². The van der Waals surface area contributed by atoms with Crippen molar-refractivity contribution >= 4 is 5.78 Å². The van der Waals surface area contributed by atoms with Crippen molar-refractivity contribution in [3.63, 3.8) is 0 Å². The van der Waals surface area contributed by atoms with Gasteiger partial charge in [0.25, 0.3) is 0 Å². The molecule has 2 aliphatic rings. The van der Waals surface area contributed by atoms with Gasteiger partial charge < -0.3 is 5.32 Å². The molecule has 62 valence electrons. The van der Waals surface area contributed by atoms with Crippen LogP contribution in [-0.2, 0) is 4.79 Å². The lowest BCUT2D eigenvalue weighted by Gasteiger charge is -2.43. The Hall–Kier alpha value is -0.370. The van der Waals surface area contributed by atoms with Gasteiger partial charge in [0.05, 0.1) is 0 Å². The minimum Gasteiger partial charge on any atom is -0.308 e. The second-order valence-corrected chi connectivity index (χ2v) is 4.21. The van der Waals surface area contributed by atoms with Crippen molar-refractivity contribution in [1.29, 1.82) is 0 Å². The van der Waals surface area contributed by atoms with E-state index in [1.807, 2.05) is 0 Å². The molecule has 0 aromatic rings. The van der Waals surface area contributed by atoms with Gasteiger partial charge in [-0.15, -0.1) is 0 Å². The maximum atomic E-state index is 11.2. The second kappa shape index (κ2) is 2.31. The summed E-state index contributed by atoms with van der Waals surface area (Å²) in [7, 11) is 0. The van der Waals surface area contributed by atoms with Gasteiger partial charge in [0.1, 0.15) is 5.78 Å².